The van der Waals surface area contributed by atoms with E-state index in [1.54, 1.807) is 0 Å². The van der Waals surface area contributed by atoms with Crippen LogP contribution in [0.1, 0.15) is 18.4 Å². The van der Waals surface area contributed by atoms with Crippen LogP contribution in [0.15, 0.2) is 30.5 Å². The maximum Gasteiger partial charge on any atom is 0.306 e. The summed E-state index contributed by atoms with van der Waals surface area (Å²) in [4.78, 5) is 14.1. The maximum atomic E-state index is 10.9. The lowest BCUT2D eigenvalue weighted by molar-refractivity contribution is -0.175. The Morgan fingerprint density at radius 1 is 1.47 bits per heavy atom. The molecule has 1 aromatic heterocycles. The van der Waals surface area contributed by atoms with Gasteiger partial charge in [0.05, 0.1) is 13.0 Å². The molecule has 1 fully saturated rings. The molecule has 0 bridgehead atoms. The summed E-state index contributed by atoms with van der Waals surface area (Å²) >= 11 is 0. The molecule has 2 heterocycles. The molecule has 1 unspecified atom stereocenters. The van der Waals surface area contributed by atoms with Crippen LogP contribution in [-0.2, 0) is 15.1 Å². The fourth-order valence-corrected chi connectivity index (χ4v) is 2.49. The number of carboxylic acids is 1. The molecule has 4 nitrogen and oxygen atoms in total. The third-order valence-electron chi connectivity index (χ3n) is 3.40. The van der Waals surface area contributed by atoms with Gasteiger partial charge in [-0.3, -0.25) is 4.79 Å². The zero-order chi connectivity index (χ0) is 11.9. The molecule has 0 spiro atoms. The van der Waals surface area contributed by atoms with E-state index >= 15 is 0 Å². The molecule has 0 aliphatic carbocycles. The van der Waals surface area contributed by atoms with Gasteiger partial charge in [0.2, 0.25) is 0 Å². The second kappa shape index (κ2) is 3.60. The smallest absolute Gasteiger partial charge is 0.306 e. The molecule has 4 heteroatoms. The molecule has 1 aliphatic heterocycles. The zero-order valence-corrected chi connectivity index (χ0v) is 9.27. The number of benzene rings is 1. The van der Waals surface area contributed by atoms with Gasteiger partial charge in [0.25, 0.3) is 0 Å². The first-order chi connectivity index (χ1) is 8.21. The Kier molecular flexibility index (Phi) is 2.19. The third kappa shape index (κ3) is 1.52. The van der Waals surface area contributed by atoms with Crippen LogP contribution in [-0.4, -0.2) is 22.7 Å². The number of aliphatic carboxylic acids is 1. The van der Waals surface area contributed by atoms with Crippen LogP contribution >= 0.6 is 0 Å². The molecule has 1 saturated heterocycles. The van der Waals surface area contributed by atoms with Crippen molar-refractivity contribution in [2.24, 2.45) is 0 Å². The molecule has 0 saturated carbocycles. The van der Waals surface area contributed by atoms with Gasteiger partial charge in [0.1, 0.15) is 5.60 Å². The van der Waals surface area contributed by atoms with E-state index in [2.05, 4.69) is 4.98 Å². The summed E-state index contributed by atoms with van der Waals surface area (Å²) in [5, 5.41) is 10.0. The molecular formula is C13H13NO3. The third-order valence-corrected chi connectivity index (χ3v) is 3.40. The molecule has 1 aromatic carbocycles. The minimum atomic E-state index is -0.824. The maximum absolute atomic E-state index is 10.9. The van der Waals surface area contributed by atoms with Crippen LogP contribution in [0, 0.1) is 0 Å². The summed E-state index contributed by atoms with van der Waals surface area (Å²) in [5.74, 6) is -0.824. The molecule has 2 aromatic rings. The van der Waals surface area contributed by atoms with Crippen LogP contribution in [0.3, 0.4) is 0 Å². The number of H-pyrrole nitrogens is 1. The number of aromatic nitrogens is 1. The summed E-state index contributed by atoms with van der Waals surface area (Å²) in [6.45, 7) is 0.632. The predicted octanol–water partition coefficient (Wildman–Crippen LogP) is 2.26. The van der Waals surface area contributed by atoms with Crippen LogP contribution in [0.5, 0.6) is 0 Å². The lowest BCUT2D eigenvalue weighted by Gasteiger charge is -2.40. The fraction of sp³-hybridized carbons (Fsp3) is 0.308. The minimum Gasteiger partial charge on any atom is -0.481 e. The van der Waals surface area contributed by atoms with Gasteiger partial charge in [-0.05, 0) is 6.07 Å². The summed E-state index contributed by atoms with van der Waals surface area (Å²) < 4.78 is 5.58. The van der Waals surface area contributed by atoms with E-state index in [-0.39, 0.29) is 6.42 Å². The number of aromatic amines is 1. The summed E-state index contributed by atoms with van der Waals surface area (Å²) in [6.07, 6.45) is 2.66. The first kappa shape index (κ1) is 10.4. The van der Waals surface area contributed by atoms with E-state index in [1.807, 2.05) is 30.5 Å². The van der Waals surface area contributed by atoms with Crippen molar-refractivity contribution in [3.05, 3.63) is 36.0 Å². The molecule has 1 atom stereocenters. The monoisotopic (exact) mass is 231 g/mol. The van der Waals surface area contributed by atoms with Crippen LogP contribution in [0.25, 0.3) is 10.9 Å². The summed E-state index contributed by atoms with van der Waals surface area (Å²) in [7, 11) is 0. The van der Waals surface area contributed by atoms with Gasteiger partial charge in [0, 0.05) is 29.1 Å². The first-order valence-electron chi connectivity index (χ1n) is 5.64. The van der Waals surface area contributed by atoms with Crippen molar-refractivity contribution in [3.63, 3.8) is 0 Å². The van der Waals surface area contributed by atoms with E-state index in [0.717, 1.165) is 22.9 Å². The van der Waals surface area contributed by atoms with Crippen molar-refractivity contribution in [2.45, 2.75) is 18.4 Å². The molecule has 0 amide bonds. The highest BCUT2D eigenvalue weighted by molar-refractivity contribution is 5.85. The average molecular weight is 231 g/mol. The van der Waals surface area contributed by atoms with Gasteiger partial charge < -0.3 is 14.8 Å². The lowest BCUT2D eigenvalue weighted by atomic mass is 9.83. The fourth-order valence-electron chi connectivity index (χ4n) is 2.49. The van der Waals surface area contributed by atoms with Gasteiger partial charge in [-0.15, -0.1) is 0 Å². The SMILES string of the molecule is O=C(O)CC1(c2c[nH]c3ccccc23)CCO1. The van der Waals surface area contributed by atoms with Gasteiger partial charge in [0.15, 0.2) is 0 Å². The highest BCUT2D eigenvalue weighted by Gasteiger charge is 2.43. The Hall–Kier alpha value is -1.81. The second-order valence-corrected chi connectivity index (χ2v) is 4.41. The van der Waals surface area contributed by atoms with E-state index in [4.69, 9.17) is 9.84 Å². The van der Waals surface area contributed by atoms with E-state index < -0.39 is 11.6 Å². The Bertz CT molecular complexity index is 569. The number of ether oxygens (including phenoxy) is 1. The van der Waals surface area contributed by atoms with Crippen LogP contribution in [0.2, 0.25) is 0 Å². The predicted molar refractivity (Wildman–Crippen MR) is 62.8 cm³/mol. The molecule has 88 valence electrons. The Morgan fingerprint density at radius 3 is 2.88 bits per heavy atom. The van der Waals surface area contributed by atoms with Crippen molar-refractivity contribution in [3.8, 4) is 0 Å². The highest BCUT2D eigenvalue weighted by Crippen LogP contribution is 2.43. The topological polar surface area (TPSA) is 62.3 Å². The standard InChI is InChI=1S/C13H13NO3/c15-12(16)7-13(5-6-17-13)10-8-14-11-4-2-1-3-9(10)11/h1-4,8,14H,5-7H2,(H,15,16). The van der Waals surface area contributed by atoms with Gasteiger partial charge in [-0.1, -0.05) is 18.2 Å². The molecule has 3 rings (SSSR count). The summed E-state index contributed by atoms with van der Waals surface area (Å²) in [6, 6.07) is 7.87. The van der Waals surface area contributed by atoms with Crippen molar-refractivity contribution in [2.75, 3.05) is 6.61 Å². The number of nitrogens with one attached hydrogen (secondary N) is 1. The molecular weight excluding hydrogens is 218 g/mol. The highest BCUT2D eigenvalue weighted by atomic mass is 16.5. The van der Waals surface area contributed by atoms with Crippen molar-refractivity contribution in [1.82, 2.24) is 4.98 Å². The Balaban J connectivity index is 2.10. The first-order valence-corrected chi connectivity index (χ1v) is 5.64. The largest absolute Gasteiger partial charge is 0.481 e. The number of hydrogen-bond donors (Lipinski definition) is 2. The quantitative estimate of drug-likeness (QED) is 0.851. The lowest BCUT2D eigenvalue weighted by Crippen LogP contribution is -2.42. The number of para-hydroxylation sites is 1. The van der Waals surface area contributed by atoms with Crippen molar-refractivity contribution >= 4 is 16.9 Å². The zero-order valence-electron chi connectivity index (χ0n) is 9.27. The van der Waals surface area contributed by atoms with E-state index in [1.165, 1.54) is 0 Å². The molecule has 17 heavy (non-hydrogen) atoms. The van der Waals surface area contributed by atoms with Crippen LogP contribution < -0.4 is 0 Å². The molecule has 2 N–H and O–H groups in total. The van der Waals surface area contributed by atoms with Gasteiger partial charge in [-0.25, -0.2) is 0 Å². The Labute approximate surface area is 98.2 Å². The minimum absolute atomic E-state index is 0.0227. The number of hydrogen-bond acceptors (Lipinski definition) is 2. The normalized spacial score (nSPS) is 23.5. The summed E-state index contributed by atoms with van der Waals surface area (Å²) in [5.41, 5.74) is 1.34. The van der Waals surface area contributed by atoms with Crippen molar-refractivity contribution < 1.29 is 14.6 Å². The Morgan fingerprint density at radius 2 is 2.24 bits per heavy atom. The van der Waals surface area contributed by atoms with Gasteiger partial charge in [-0.2, -0.15) is 0 Å². The number of carboxylic acid groups (broad SMARTS) is 1. The number of carbonyl (C=O) groups is 1. The van der Waals surface area contributed by atoms with Crippen LogP contribution in [0.4, 0.5) is 0 Å². The second-order valence-electron chi connectivity index (χ2n) is 4.41. The van der Waals surface area contributed by atoms with E-state index in [9.17, 15) is 4.79 Å². The molecule has 1 aliphatic rings. The number of rotatable bonds is 3. The van der Waals surface area contributed by atoms with E-state index in [0.29, 0.717) is 6.61 Å². The molecule has 0 radical (unpaired) electrons. The average Bonchev–Trinajstić information content (AvgIpc) is 2.67. The number of fused-ring (bicyclic) bond motifs is 1. The van der Waals surface area contributed by atoms with Crippen molar-refractivity contribution in [1.29, 1.82) is 0 Å². The van der Waals surface area contributed by atoms with Gasteiger partial charge >= 0.3 is 5.97 Å².